The number of aromatic carboxylic acids is 1. The minimum Gasteiger partial charge on any atom is -0.478 e. The highest BCUT2D eigenvalue weighted by molar-refractivity contribution is 6.03. The summed E-state index contributed by atoms with van der Waals surface area (Å²) in [7, 11) is 0. The zero-order chi connectivity index (χ0) is 15.6. The van der Waals surface area contributed by atoms with Crippen molar-refractivity contribution in [1.29, 1.82) is 0 Å². The predicted octanol–water partition coefficient (Wildman–Crippen LogP) is 0.322. The average Bonchev–Trinajstić information content (AvgIpc) is 2.39. The highest BCUT2D eigenvalue weighted by atomic mass is 16.4. The molecule has 0 fully saturated rings. The third kappa shape index (κ3) is 3.24. The van der Waals surface area contributed by atoms with Gasteiger partial charge in [0.1, 0.15) is 5.69 Å². The van der Waals surface area contributed by atoms with Crippen LogP contribution < -0.4 is 16.6 Å². The van der Waals surface area contributed by atoms with Gasteiger partial charge >= 0.3 is 11.7 Å². The maximum atomic E-state index is 12.0. The van der Waals surface area contributed by atoms with Crippen LogP contribution in [-0.4, -0.2) is 27.0 Å². The van der Waals surface area contributed by atoms with Crippen LogP contribution in [0, 0.1) is 6.92 Å². The standard InChI is InChI=1S/C13H11N3O5/c1-6-2-3-7(12(19)20)4-8(6)14-11(18)9-5-10(17)16-13(21)15-9/h2-5H,1H3,(H,14,18)(H,19,20)(H2,15,16,17,21). The van der Waals surface area contributed by atoms with Crippen LogP contribution >= 0.6 is 0 Å². The number of nitrogens with one attached hydrogen (secondary N) is 3. The van der Waals surface area contributed by atoms with Gasteiger partial charge in [-0.05, 0) is 24.6 Å². The minimum absolute atomic E-state index is 0.00954. The van der Waals surface area contributed by atoms with Gasteiger partial charge in [0.15, 0.2) is 0 Å². The number of carboxylic acid groups (broad SMARTS) is 1. The lowest BCUT2D eigenvalue weighted by atomic mass is 10.1. The molecule has 8 heteroatoms. The van der Waals surface area contributed by atoms with Crippen molar-refractivity contribution < 1.29 is 14.7 Å². The molecule has 0 saturated carbocycles. The van der Waals surface area contributed by atoms with E-state index in [1.54, 1.807) is 13.0 Å². The molecule has 0 unspecified atom stereocenters. The Hall–Kier alpha value is -3.16. The molecular weight excluding hydrogens is 278 g/mol. The van der Waals surface area contributed by atoms with E-state index in [9.17, 15) is 19.2 Å². The van der Waals surface area contributed by atoms with Crippen LogP contribution in [0.1, 0.15) is 26.4 Å². The third-order valence-corrected chi connectivity index (χ3v) is 2.74. The van der Waals surface area contributed by atoms with Crippen molar-refractivity contribution in [1.82, 2.24) is 9.97 Å². The molecule has 8 nitrogen and oxygen atoms in total. The maximum Gasteiger partial charge on any atom is 0.335 e. The van der Waals surface area contributed by atoms with Gasteiger partial charge in [0.2, 0.25) is 0 Å². The van der Waals surface area contributed by atoms with Gasteiger partial charge in [-0.15, -0.1) is 0 Å². The van der Waals surface area contributed by atoms with E-state index in [-0.39, 0.29) is 16.9 Å². The summed E-state index contributed by atoms with van der Waals surface area (Å²) in [6, 6.07) is 5.18. The largest absolute Gasteiger partial charge is 0.478 e. The van der Waals surface area contributed by atoms with Crippen molar-refractivity contribution in [3.63, 3.8) is 0 Å². The molecule has 0 bridgehead atoms. The first-order chi connectivity index (χ1) is 9.86. The summed E-state index contributed by atoms with van der Waals surface area (Å²) in [5.74, 6) is -1.85. The number of H-pyrrole nitrogens is 2. The Morgan fingerprint density at radius 1 is 1.14 bits per heavy atom. The van der Waals surface area contributed by atoms with Crippen molar-refractivity contribution in [2.75, 3.05) is 5.32 Å². The molecule has 0 aliphatic rings. The Bertz CT molecular complexity index is 806. The number of hydrogen-bond acceptors (Lipinski definition) is 4. The van der Waals surface area contributed by atoms with Crippen molar-refractivity contribution in [2.24, 2.45) is 0 Å². The molecule has 4 N–H and O–H groups in total. The van der Waals surface area contributed by atoms with Crippen LogP contribution in [-0.2, 0) is 0 Å². The molecule has 1 heterocycles. The Labute approximate surface area is 117 Å². The molecule has 2 rings (SSSR count). The van der Waals surface area contributed by atoms with E-state index in [0.29, 0.717) is 5.56 Å². The smallest absolute Gasteiger partial charge is 0.335 e. The third-order valence-electron chi connectivity index (χ3n) is 2.74. The van der Waals surface area contributed by atoms with Gasteiger partial charge in [0, 0.05) is 11.8 Å². The molecule has 21 heavy (non-hydrogen) atoms. The molecular formula is C13H11N3O5. The minimum atomic E-state index is -1.13. The van der Waals surface area contributed by atoms with Gasteiger partial charge in [-0.3, -0.25) is 14.6 Å². The number of anilines is 1. The quantitative estimate of drug-likeness (QED) is 0.646. The summed E-state index contributed by atoms with van der Waals surface area (Å²) >= 11 is 0. The van der Waals surface area contributed by atoms with E-state index >= 15 is 0 Å². The zero-order valence-corrected chi connectivity index (χ0v) is 10.9. The molecule has 0 aliphatic carbocycles. The van der Waals surface area contributed by atoms with Crippen LogP contribution in [0.5, 0.6) is 0 Å². The number of aryl methyl sites for hydroxylation is 1. The van der Waals surface area contributed by atoms with Gasteiger partial charge in [-0.1, -0.05) is 6.07 Å². The fourth-order valence-electron chi connectivity index (χ4n) is 1.67. The van der Waals surface area contributed by atoms with Crippen LogP contribution in [0.2, 0.25) is 0 Å². The van der Waals surface area contributed by atoms with Gasteiger partial charge in [-0.2, -0.15) is 0 Å². The Morgan fingerprint density at radius 3 is 2.48 bits per heavy atom. The number of rotatable bonds is 3. The predicted molar refractivity (Wildman–Crippen MR) is 73.8 cm³/mol. The SMILES string of the molecule is Cc1ccc(C(=O)O)cc1NC(=O)c1cc(=O)[nH]c(=O)[nH]1. The Morgan fingerprint density at radius 2 is 1.86 bits per heavy atom. The molecule has 0 radical (unpaired) electrons. The van der Waals surface area contributed by atoms with E-state index in [1.807, 2.05) is 4.98 Å². The molecule has 2 aromatic rings. The summed E-state index contributed by atoms with van der Waals surface area (Å²) < 4.78 is 0. The van der Waals surface area contributed by atoms with E-state index in [2.05, 4.69) is 10.3 Å². The van der Waals surface area contributed by atoms with Crippen LogP contribution in [0.3, 0.4) is 0 Å². The number of carboxylic acids is 1. The summed E-state index contributed by atoms with van der Waals surface area (Å²) in [4.78, 5) is 49.3. The van der Waals surface area contributed by atoms with Crippen LogP contribution in [0.15, 0.2) is 33.9 Å². The second-order valence-electron chi connectivity index (χ2n) is 4.29. The fraction of sp³-hybridized carbons (Fsp3) is 0.0769. The Balaban J connectivity index is 2.35. The number of aromatic nitrogens is 2. The lowest BCUT2D eigenvalue weighted by Crippen LogP contribution is -2.27. The van der Waals surface area contributed by atoms with Gasteiger partial charge < -0.3 is 15.4 Å². The normalized spacial score (nSPS) is 10.1. The first kappa shape index (κ1) is 14.3. The van der Waals surface area contributed by atoms with Crippen molar-refractivity contribution in [2.45, 2.75) is 6.92 Å². The fourth-order valence-corrected chi connectivity index (χ4v) is 1.67. The van der Waals surface area contributed by atoms with Gasteiger partial charge in [0.05, 0.1) is 5.56 Å². The average molecular weight is 289 g/mol. The number of carbonyl (C=O) groups excluding carboxylic acids is 1. The number of hydrogen-bond donors (Lipinski definition) is 4. The van der Waals surface area contributed by atoms with E-state index in [1.165, 1.54) is 12.1 Å². The maximum absolute atomic E-state index is 12.0. The van der Waals surface area contributed by atoms with E-state index in [0.717, 1.165) is 6.07 Å². The van der Waals surface area contributed by atoms with E-state index < -0.39 is 23.1 Å². The highest BCUT2D eigenvalue weighted by Crippen LogP contribution is 2.17. The first-order valence-electron chi connectivity index (χ1n) is 5.86. The molecule has 1 amide bonds. The molecule has 108 valence electrons. The van der Waals surface area contributed by atoms with Gasteiger partial charge in [0.25, 0.3) is 11.5 Å². The molecule has 0 atom stereocenters. The summed E-state index contributed by atoms with van der Waals surface area (Å²) in [5, 5.41) is 11.4. The number of amides is 1. The van der Waals surface area contributed by atoms with Crippen molar-refractivity contribution >= 4 is 17.6 Å². The summed E-state index contributed by atoms with van der Waals surface area (Å²) in [6.07, 6.45) is 0. The first-order valence-corrected chi connectivity index (χ1v) is 5.86. The lowest BCUT2D eigenvalue weighted by Gasteiger charge is -2.09. The number of carbonyl (C=O) groups is 2. The number of benzene rings is 1. The highest BCUT2D eigenvalue weighted by Gasteiger charge is 2.12. The zero-order valence-electron chi connectivity index (χ0n) is 10.9. The number of aromatic amines is 2. The molecule has 0 spiro atoms. The molecule has 0 saturated heterocycles. The monoisotopic (exact) mass is 289 g/mol. The summed E-state index contributed by atoms with van der Waals surface area (Å²) in [6.45, 7) is 1.68. The summed E-state index contributed by atoms with van der Waals surface area (Å²) in [5.41, 5.74) is -0.802. The molecule has 1 aromatic carbocycles. The lowest BCUT2D eigenvalue weighted by molar-refractivity contribution is 0.0696. The van der Waals surface area contributed by atoms with Crippen molar-refractivity contribution in [3.8, 4) is 0 Å². The second-order valence-corrected chi connectivity index (χ2v) is 4.29. The van der Waals surface area contributed by atoms with Crippen LogP contribution in [0.25, 0.3) is 0 Å². The molecule has 1 aromatic heterocycles. The Kier molecular flexibility index (Phi) is 3.70. The van der Waals surface area contributed by atoms with E-state index in [4.69, 9.17) is 5.11 Å². The second kappa shape index (κ2) is 5.45. The van der Waals surface area contributed by atoms with Gasteiger partial charge in [-0.25, -0.2) is 9.59 Å². The topological polar surface area (TPSA) is 132 Å². The molecule has 0 aliphatic heterocycles. The van der Waals surface area contributed by atoms with Crippen LogP contribution in [0.4, 0.5) is 5.69 Å². The van der Waals surface area contributed by atoms with Crippen molar-refractivity contribution in [3.05, 3.63) is 61.9 Å².